The van der Waals surface area contributed by atoms with Gasteiger partial charge in [-0.25, -0.2) is 0 Å². The van der Waals surface area contributed by atoms with E-state index >= 15 is 0 Å². The number of hydrogen-bond acceptors (Lipinski definition) is 3. The number of rotatable bonds is 9. The second-order valence-electron chi connectivity index (χ2n) is 7.30. The smallest absolute Gasteiger partial charge is 0.191 e. The van der Waals surface area contributed by atoms with Crippen molar-refractivity contribution in [2.75, 3.05) is 38.5 Å². The fraction of sp³-hybridized carbons (Fsp3) is 0.435. The number of benzene rings is 2. The van der Waals surface area contributed by atoms with Gasteiger partial charge in [-0.2, -0.15) is 0 Å². The van der Waals surface area contributed by atoms with E-state index in [-0.39, 0.29) is 24.0 Å². The summed E-state index contributed by atoms with van der Waals surface area (Å²) >= 11 is 0. The van der Waals surface area contributed by atoms with E-state index in [1.165, 1.54) is 37.1 Å². The van der Waals surface area contributed by atoms with Crippen molar-refractivity contribution < 1.29 is 0 Å². The predicted molar refractivity (Wildman–Crippen MR) is 134 cm³/mol. The third kappa shape index (κ3) is 8.62. The van der Waals surface area contributed by atoms with Gasteiger partial charge in [0.05, 0.1) is 0 Å². The molecule has 1 heterocycles. The average Bonchev–Trinajstić information content (AvgIpc) is 3.25. The van der Waals surface area contributed by atoms with Crippen LogP contribution in [0.5, 0.6) is 0 Å². The summed E-state index contributed by atoms with van der Waals surface area (Å²) in [5, 5.41) is 10.2. The lowest BCUT2D eigenvalue weighted by Gasteiger charge is -2.15. The Balaban J connectivity index is 0.00000300. The van der Waals surface area contributed by atoms with Crippen molar-refractivity contribution in [1.82, 2.24) is 15.5 Å². The molecule has 2 aromatic rings. The van der Waals surface area contributed by atoms with Crippen molar-refractivity contribution in [3.63, 3.8) is 0 Å². The van der Waals surface area contributed by atoms with E-state index < -0.39 is 0 Å². The number of nitrogens with one attached hydrogen (secondary N) is 3. The first-order chi connectivity index (χ1) is 13.8. The summed E-state index contributed by atoms with van der Waals surface area (Å²) in [6.07, 6.45) is 3.72. The first-order valence-electron chi connectivity index (χ1n) is 10.4. The molecule has 0 aromatic heterocycles. The topological polar surface area (TPSA) is 51.7 Å². The Kier molecular flexibility index (Phi) is 10.9. The maximum Gasteiger partial charge on any atom is 0.191 e. The van der Waals surface area contributed by atoms with Gasteiger partial charge in [0.1, 0.15) is 0 Å². The SMILES string of the molecule is CN=C(NCCCNc1ccccc1)NCc1ccc(CN2CCCC2)cc1.I. The number of likely N-dealkylation sites (tertiary alicyclic amines) is 1. The van der Waals surface area contributed by atoms with Crippen molar-refractivity contribution in [1.29, 1.82) is 0 Å². The van der Waals surface area contributed by atoms with Gasteiger partial charge in [0.25, 0.3) is 0 Å². The highest BCUT2D eigenvalue weighted by molar-refractivity contribution is 14.0. The average molecular weight is 507 g/mol. The second kappa shape index (κ2) is 13.4. The summed E-state index contributed by atoms with van der Waals surface area (Å²) in [5.74, 6) is 0.848. The van der Waals surface area contributed by atoms with Crippen LogP contribution in [-0.4, -0.2) is 44.1 Å². The Bertz CT molecular complexity index is 712. The fourth-order valence-corrected chi connectivity index (χ4v) is 3.45. The zero-order chi connectivity index (χ0) is 19.4. The van der Waals surface area contributed by atoms with Crippen LogP contribution in [-0.2, 0) is 13.1 Å². The summed E-state index contributed by atoms with van der Waals surface area (Å²) < 4.78 is 0. The van der Waals surface area contributed by atoms with Crippen LogP contribution in [0.25, 0.3) is 0 Å². The van der Waals surface area contributed by atoms with E-state index in [2.05, 4.69) is 62.2 Å². The van der Waals surface area contributed by atoms with Gasteiger partial charge in [0.15, 0.2) is 5.96 Å². The number of hydrogen-bond donors (Lipinski definition) is 3. The molecule has 1 aliphatic rings. The van der Waals surface area contributed by atoms with Gasteiger partial charge >= 0.3 is 0 Å². The first kappa shape index (κ1) is 23.5. The molecule has 6 heteroatoms. The Morgan fingerprint density at radius 2 is 1.59 bits per heavy atom. The number of nitrogens with zero attached hydrogens (tertiary/aromatic N) is 2. The molecule has 0 spiro atoms. The molecular weight excluding hydrogens is 473 g/mol. The molecular formula is C23H34IN5. The van der Waals surface area contributed by atoms with Crippen molar-refractivity contribution in [3.05, 3.63) is 65.7 Å². The number of halogens is 1. The summed E-state index contributed by atoms with van der Waals surface area (Å²) in [6, 6.07) is 19.2. The maximum absolute atomic E-state index is 4.31. The van der Waals surface area contributed by atoms with Crippen LogP contribution in [0.4, 0.5) is 5.69 Å². The largest absolute Gasteiger partial charge is 0.385 e. The molecule has 29 heavy (non-hydrogen) atoms. The van der Waals surface area contributed by atoms with E-state index in [1.54, 1.807) is 0 Å². The van der Waals surface area contributed by atoms with Gasteiger partial charge in [0.2, 0.25) is 0 Å². The highest BCUT2D eigenvalue weighted by Gasteiger charge is 2.11. The monoisotopic (exact) mass is 507 g/mol. The maximum atomic E-state index is 4.31. The summed E-state index contributed by atoms with van der Waals surface area (Å²) in [6.45, 7) is 6.17. The Morgan fingerprint density at radius 1 is 0.897 bits per heavy atom. The van der Waals surface area contributed by atoms with Gasteiger partial charge < -0.3 is 16.0 Å². The van der Waals surface area contributed by atoms with Crippen LogP contribution in [0.3, 0.4) is 0 Å². The second-order valence-corrected chi connectivity index (χ2v) is 7.30. The van der Waals surface area contributed by atoms with Gasteiger partial charge in [-0.3, -0.25) is 9.89 Å². The van der Waals surface area contributed by atoms with Crippen LogP contribution >= 0.6 is 24.0 Å². The summed E-state index contributed by atoms with van der Waals surface area (Å²) in [4.78, 5) is 6.85. The molecule has 1 saturated heterocycles. The highest BCUT2D eigenvalue weighted by atomic mass is 127. The van der Waals surface area contributed by atoms with Crippen molar-refractivity contribution >= 4 is 35.6 Å². The van der Waals surface area contributed by atoms with Crippen LogP contribution in [0.1, 0.15) is 30.4 Å². The number of aliphatic imine (C=N–C) groups is 1. The minimum atomic E-state index is 0. The third-order valence-electron chi connectivity index (χ3n) is 5.06. The van der Waals surface area contributed by atoms with Crippen LogP contribution < -0.4 is 16.0 Å². The summed E-state index contributed by atoms with van der Waals surface area (Å²) in [7, 11) is 1.82. The molecule has 0 aliphatic carbocycles. The van der Waals surface area contributed by atoms with Gasteiger partial charge in [-0.05, 0) is 55.6 Å². The van der Waals surface area contributed by atoms with Crippen molar-refractivity contribution in [3.8, 4) is 0 Å². The lowest BCUT2D eigenvalue weighted by molar-refractivity contribution is 0.331. The molecule has 0 amide bonds. The Labute approximate surface area is 192 Å². The van der Waals surface area contributed by atoms with Gasteiger partial charge in [0, 0.05) is 38.9 Å². The molecule has 158 valence electrons. The Hall–Kier alpha value is -1.80. The molecule has 0 bridgehead atoms. The molecule has 0 saturated carbocycles. The molecule has 5 nitrogen and oxygen atoms in total. The molecule has 3 N–H and O–H groups in total. The number of anilines is 1. The zero-order valence-electron chi connectivity index (χ0n) is 17.4. The van der Waals surface area contributed by atoms with Crippen LogP contribution in [0.15, 0.2) is 59.6 Å². The molecule has 0 unspecified atom stereocenters. The van der Waals surface area contributed by atoms with E-state index in [1.807, 2.05) is 25.2 Å². The molecule has 1 aliphatic heterocycles. The van der Waals surface area contributed by atoms with Crippen molar-refractivity contribution in [2.45, 2.75) is 32.4 Å². The van der Waals surface area contributed by atoms with E-state index in [9.17, 15) is 0 Å². The molecule has 0 atom stereocenters. The van der Waals surface area contributed by atoms with Crippen LogP contribution in [0.2, 0.25) is 0 Å². The fourth-order valence-electron chi connectivity index (χ4n) is 3.45. The molecule has 0 radical (unpaired) electrons. The zero-order valence-corrected chi connectivity index (χ0v) is 19.7. The molecule has 3 rings (SSSR count). The van der Waals surface area contributed by atoms with Gasteiger partial charge in [-0.15, -0.1) is 24.0 Å². The van der Waals surface area contributed by atoms with Crippen LogP contribution in [0, 0.1) is 0 Å². The minimum absolute atomic E-state index is 0. The quantitative estimate of drug-likeness (QED) is 0.207. The van der Waals surface area contributed by atoms with E-state index in [4.69, 9.17) is 0 Å². The molecule has 1 fully saturated rings. The van der Waals surface area contributed by atoms with E-state index in [0.717, 1.165) is 44.2 Å². The molecule has 2 aromatic carbocycles. The number of guanidine groups is 1. The van der Waals surface area contributed by atoms with E-state index in [0.29, 0.717) is 0 Å². The van der Waals surface area contributed by atoms with Gasteiger partial charge in [-0.1, -0.05) is 42.5 Å². The minimum Gasteiger partial charge on any atom is -0.385 e. The standard InChI is InChI=1S/C23H33N5.HI/c1-24-23(26-15-7-14-25-22-8-3-2-4-9-22)27-18-20-10-12-21(13-11-20)19-28-16-5-6-17-28;/h2-4,8-13,25H,5-7,14-19H2,1H3,(H2,24,26,27);1H. The highest BCUT2D eigenvalue weighted by Crippen LogP contribution is 2.13. The summed E-state index contributed by atoms with van der Waals surface area (Å²) in [5.41, 5.74) is 3.84. The predicted octanol–water partition coefficient (Wildman–Crippen LogP) is 4.07. The lowest BCUT2D eigenvalue weighted by atomic mass is 10.1. The third-order valence-corrected chi connectivity index (χ3v) is 5.06. The Morgan fingerprint density at radius 3 is 2.28 bits per heavy atom. The number of para-hydroxylation sites is 1. The first-order valence-corrected chi connectivity index (χ1v) is 10.4. The lowest BCUT2D eigenvalue weighted by Crippen LogP contribution is -2.37. The van der Waals surface area contributed by atoms with Crippen molar-refractivity contribution in [2.24, 2.45) is 4.99 Å². The normalized spacial score (nSPS) is 14.3.